The molecule has 1 rings (SSSR count). The van der Waals surface area contributed by atoms with Gasteiger partial charge >= 0.3 is 0 Å². The summed E-state index contributed by atoms with van der Waals surface area (Å²) < 4.78 is 0. The third-order valence-corrected chi connectivity index (χ3v) is 1.83. The molecule has 0 aliphatic carbocycles. The molecule has 0 radical (unpaired) electrons. The molecule has 1 saturated heterocycles. The zero-order valence-corrected chi connectivity index (χ0v) is 5.48. The molecular formula is C6H11NO2. The summed E-state index contributed by atoms with van der Waals surface area (Å²) in [5, 5.41) is 11.9. The van der Waals surface area contributed by atoms with Crippen LogP contribution in [0.3, 0.4) is 0 Å². The number of amides is 1. The van der Waals surface area contributed by atoms with Crippen LogP contribution >= 0.6 is 0 Å². The third-order valence-electron chi connectivity index (χ3n) is 1.83. The number of hydrogen-bond donors (Lipinski definition) is 2. The lowest BCUT2D eigenvalue weighted by Gasteiger charge is -2.14. The molecule has 0 bridgehead atoms. The van der Waals surface area contributed by atoms with Gasteiger partial charge in [0.15, 0.2) is 0 Å². The third kappa shape index (κ3) is 0.920. The van der Waals surface area contributed by atoms with Gasteiger partial charge in [0, 0.05) is 13.0 Å². The molecule has 1 heterocycles. The summed E-state index contributed by atoms with van der Waals surface area (Å²) in [6.07, 6.45) is 1.07. The second-order valence-electron chi connectivity index (χ2n) is 2.39. The smallest absolute Gasteiger partial charge is 0.252 e. The Morgan fingerprint density at radius 1 is 1.89 bits per heavy atom. The van der Waals surface area contributed by atoms with Crippen molar-refractivity contribution in [1.29, 1.82) is 0 Å². The second kappa shape index (κ2) is 1.99. The van der Waals surface area contributed by atoms with E-state index in [-0.39, 0.29) is 5.91 Å². The quantitative estimate of drug-likeness (QED) is 0.508. The van der Waals surface area contributed by atoms with Crippen molar-refractivity contribution in [3.8, 4) is 0 Å². The van der Waals surface area contributed by atoms with E-state index in [1.165, 1.54) is 0 Å². The first-order valence-electron chi connectivity index (χ1n) is 3.20. The molecule has 3 nitrogen and oxygen atoms in total. The predicted molar refractivity (Wildman–Crippen MR) is 32.9 cm³/mol. The topological polar surface area (TPSA) is 49.3 Å². The van der Waals surface area contributed by atoms with Gasteiger partial charge in [0.1, 0.15) is 5.60 Å². The Balaban J connectivity index is 2.67. The maximum atomic E-state index is 10.8. The van der Waals surface area contributed by atoms with Gasteiger partial charge in [0.05, 0.1) is 0 Å². The van der Waals surface area contributed by atoms with Crippen molar-refractivity contribution in [2.75, 3.05) is 6.54 Å². The van der Waals surface area contributed by atoms with E-state index in [4.69, 9.17) is 0 Å². The molecule has 0 aromatic carbocycles. The largest absolute Gasteiger partial charge is 0.380 e. The maximum Gasteiger partial charge on any atom is 0.252 e. The molecule has 0 spiro atoms. The molecule has 52 valence electrons. The van der Waals surface area contributed by atoms with Crippen LogP contribution in [0.15, 0.2) is 0 Å². The summed E-state index contributed by atoms with van der Waals surface area (Å²) in [5.41, 5.74) is -1.06. The summed E-state index contributed by atoms with van der Waals surface area (Å²) in [4.78, 5) is 10.8. The fourth-order valence-corrected chi connectivity index (χ4v) is 0.998. The zero-order chi connectivity index (χ0) is 6.91. The highest BCUT2D eigenvalue weighted by Crippen LogP contribution is 2.18. The fourth-order valence-electron chi connectivity index (χ4n) is 0.998. The van der Waals surface area contributed by atoms with Crippen molar-refractivity contribution >= 4 is 5.91 Å². The van der Waals surface area contributed by atoms with Crippen LogP contribution in [0.1, 0.15) is 19.8 Å². The van der Waals surface area contributed by atoms with Crippen molar-refractivity contribution in [2.45, 2.75) is 25.4 Å². The summed E-state index contributed by atoms with van der Waals surface area (Å²) in [6, 6.07) is 0. The molecule has 1 aliphatic rings. The van der Waals surface area contributed by atoms with E-state index in [9.17, 15) is 9.90 Å². The molecule has 9 heavy (non-hydrogen) atoms. The molecule has 1 unspecified atom stereocenters. The summed E-state index contributed by atoms with van der Waals surface area (Å²) >= 11 is 0. The fraction of sp³-hybridized carbons (Fsp3) is 0.833. The summed E-state index contributed by atoms with van der Waals surface area (Å²) in [6.45, 7) is 2.42. The van der Waals surface area contributed by atoms with E-state index < -0.39 is 5.60 Å². The lowest BCUT2D eigenvalue weighted by molar-refractivity contribution is -0.135. The molecule has 3 heteroatoms. The Labute approximate surface area is 54.1 Å². The van der Waals surface area contributed by atoms with Gasteiger partial charge < -0.3 is 10.4 Å². The van der Waals surface area contributed by atoms with E-state index >= 15 is 0 Å². The molecule has 1 aliphatic heterocycles. The monoisotopic (exact) mass is 129 g/mol. The molecule has 0 aromatic rings. The van der Waals surface area contributed by atoms with Gasteiger partial charge in [-0.1, -0.05) is 6.92 Å². The molecule has 1 amide bonds. The molecule has 0 aromatic heterocycles. The number of nitrogens with one attached hydrogen (secondary N) is 1. The molecule has 1 fully saturated rings. The van der Waals surface area contributed by atoms with Crippen LogP contribution < -0.4 is 5.32 Å². The first-order chi connectivity index (χ1) is 4.19. The van der Waals surface area contributed by atoms with Crippen molar-refractivity contribution < 1.29 is 9.90 Å². The highest BCUT2D eigenvalue weighted by atomic mass is 16.3. The Bertz CT molecular complexity index is 135. The standard InChI is InChI=1S/C6H11NO2/c1-2-6(9)3-4-7-5(6)8/h9H,2-4H2,1H3,(H,7,8). The molecular weight excluding hydrogens is 118 g/mol. The first-order valence-corrected chi connectivity index (χ1v) is 3.20. The highest BCUT2D eigenvalue weighted by molar-refractivity contribution is 5.86. The van der Waals surface area contributed by atoms with Gasteiger partial charge in [0.25, 0.3) is 5.91 Å². The highest BCUT2D eigenvalue weighted by Gasteiger charge is 2.37. The van der Waals surface area contributed by atoms with Crippen molar-refractivity contribution in [2.24, 2.45) is 0 Å². The number of carbonyl (C=O) groups excluding carboxylic acids is 1. The Morgan fingerprint density at radius 3 is 2.78 bits per heavy atom. The Hall–Kier alpha value is -0.570. The lowest BCUT2D eigenvalue weighted by atomic mass is 10.00. The average Bonchev–Trinajstić information content (AvgIpc) is 2.15. The van der Waals surface area contributed by atoms with Crippen LogP contribution in [0.25, 0.3) is 0 Å². The minimum atomic E-state index is -1.06. The van der Waals surface area contributed by atoms with Gasteiger partial charge in [0.2, 0.25) is 0 Å². The van der Waals surface area contributed by atoms with E-state index in [2.05, 4.69) is 5.32 Å². The lowest BCUT2D eigenvalue weighted by Crippen LogP contribution is -2.36. The van der Waals surface area contributed by atoms with E-state index in [0.29, 0.717) is 19.4 Å². The Morgan fingerprint density at radius 2 is 2.56 bits per heavy atom. The Kier molecular flexibility index (Phi) is 1.45. The number of carbonyl (C=O) groups is 1. The van der Waals surface area contributed by atoms with Crippen LogP contribution in [0.5, 0.6) is 0 Å². The number of aliphatic hydroxyl groups is 1. The zero-order valence-electron chi connectivity index (χ0n) is 5.48. The number of hydrogen-bond acceptors (Lipinski definition) is 2. The van der Waals surface area contributed by atoms with E-state index in [0.717, 1.165) is 0 Å². The van der Waals surface area contributed by atoms with Crippen LogP contribution in [0.2, 0.25) is 0 Å². The SMILES string of the molecule is CCC1(O)CCNC1=O. The van der Waals surface area contributed by atoms with Crippen LogP contribution in [-0.2, 0) is 4.79 Å². The van der Waals surface area contributed by atoms with Crippen LogP contribution in [0.4, 0.5) is 0 Å². The van der Waals surface area contributed by atoms with Gasteiger partial charge in [-0.2, -0.15) is 0 Å². The number of rotatable bonds is 1. The summed E-state index contributed by atoms with van der Waals surface area (Å²) in [5.74, 6) is -0.218. The van der Waals surface area contributed by atoms with E-state index in [1.807, 2.05) is 6.92 Å². The van der Waals surface area contributed by atoms with Crippen molar-refractivity contribution in [1.82, 2.24) is 5.32 Å². The van der Waals surface area contributed by atoms with Crippen LogP contribution in [0, 0.1) is 0 Å². The van der Waals surface area contributed by atoms with E-state index in [1.54, 1.807) is 0 Å². The average molecular weight is 129 g/mol. The normalized spacial score (nSPS) is 34.7. The molecule has 1 atom stereocenters. The van der Waals surface area contributed by atoms with Crippen molar-refractivity contribution in [3.05, 3.63) is 0 Å². The summed E-state index contributed by atoms with van der Waals surface area (Å²) in [7, 11) is 0. The van der Waals surface area contributed by atoms with Gasteiger partial charge in [-0.05, 0) is 6.42 Å². The first kappa shape index (κ1) is 6.55. The minimum Gasteiger partial charge on any atom is -0.380 e. The maximum absolute atomic E-state index is 10.8. The van der Waals surface area contributed by atoms with Gasteiger partial charge in [-0.15, -0.1) is 0 Å². The van der Waals surface area contributed by atoms with Gasteiger partial charge in [-0.25, -0.2) is 0 Å². The minimum absolute atomic E-state index is 0.218. The van der Waals surface area contributed by atoms with Crippen LogP contribution in [-0.4, -0.2) is 23.2 Å². The van der Waals surface area contributed by atoms with Gasteiger partial charge in [-0.3, -0.25) is 4.79 Å². The molecule has 0 saturated carbocycles. The molecule has 2 N–H and O–H groups in total. The second-order valence-corrected chi connectivity index (χ2v) is 2.39. The van der Waals surface area contributed by atoms with Crippen molar-refractivity contribution in [3.63, 3.8) is 0 Å². The predicted octanol–water partition coefficient (Wildman–Crippen LogP) is -0.353.